The molecule has 1 heterocycles. The Morgan fingerprint density at radius 1 is 1.41 bits per heavy atom. The highest BCUT2D eigenvalue weighted by molar-refractivity contribution is 5.83. The molecule has 2 atom stereocenters. The Kier molecular flexibility index (Phi) is 4.12. The van der Waals surface area contributed by atoms with Gasteiger partial charge in [0, 0.05) is 6.61 Å². The summed E-state index contributed by atoms with van der Waals surface area (Å²) >= 11 is 0. The summed E-state index contributed by atoms with van der Waals surface area (Å²) in [6.45, 7) is 1.38. The minimum absolute atomic E-state index is 0.103. The number of nitrogens with one attached hydrogen (secondary N) is 1. The summed E-state index contributed by atoms with van der Waals surface area (Å²) in [6.07, 6.45) is 1.96. The Bertz CT molecular complexity index is 361. The van der Waals surface area contributed by atoms with Crippen molar-refractivity contribution in [1.82, 2.24) is 5.32 Å². The molecule has 1 aromatic rings. The van der Waals surface area contributed by atoms with Gasteiger partial charge in [0.05, 0.1) is 12.6 Å². The number of ether oxygens (including phenoxy) is 1. The second kappa shape index (κ2) is 5.80. The standard InChI is InChI=1S/C13H18N2O2/c14-12(10-5-2-1-3-6-10)13(16)15-11-7-4-8-17-9-11/h1-3,5-6,11-12H,4,7-9,14H2,(H,15,16). The van der Waals surface area contributed by atoms with E-state index in [9.17, 15) is 4.79 Å². The number of benzene rings is 1. The van der Waals surface area contributed by atoms with Crippen LogP contribution in [0, 0.1) is 0 Å². The molecular formula is C13H18N2O2. The first-order chi connectivity index (χ1) is 8.27. The number of nitrogens with two attached hydrogens (primary N) is 1. The van der Waals surface area contributed by atoms with Crippen molar-refractivity contribution in [2.75, 3.05) is 13.2 Å². The number of hydrogen-bond acceptors (Lipinski definition) is 3. The highest BCUT2D eigenvalue weighted by atomic mass is 16.5. The second-order valence-corrected chi connectivity index (χ2v) is 4.31. The summed E-state index contributed by atoms with van der Waals surface area (Å²) in [6, 6.07) is 8.90. The van der Waals surface area contributed by atoms with E-state index in [0.29, 0.717) is 6.61 Å². The van der Waals surface area contributed by atoms with Gasteiger partial charge in [-0.05, 0) is 18.4 Å². The van der Waals surface area contributed by atoms with Gasteiger partial charge in [0.25, 0.3) is 0 Å². The van der Waals surface area contributed by atoms with Crippen molar-refractivity contribution < 1.29 is 9.53 Å². The molecule has 1 aliphatic rings. The lowest BCUT2D eigenvalue weighted by Crippen LogP contribution is -2.44. The van der Waals surface area contributed by atoms with E-state index in [1.54, 1.807) is 0 Å². The minimum Gasteiger partial charge on any atom is -0.379 e. The maximum Gasteiger partial charge on any atom is 0.241 e. The van der Waals surface area contributed by atoms with Gasteiger partial charge in [-0.15, -0.1) is 0 Å². The SMILES string of the molecule is NC(C(=O)NC1CCCOC1)c1ccccc1. The van der Waals surface area contributed by atoms with Crippen molar-refractivity contribution in [3.05, 3.63) is 35.9 Å². The van der Waals surface area contributed by atoms with Crippen molar-refractivity contribution in [2.45, 2.75) is 24.9 Å². The molecule has 4 nitrogen and oxygen atoms in total. The molecule has 0 aromatic heterocycles. The molecule has 17 heavy (non-hydrogen) atoms. The number of hydrogen-bond donors (Lipinski definition) is 2. The molecule has 1 aromatic carbocycles. The lowest BCUT2D eigenvalue weighted by molar-refractivity contribution is -0.124. The lowest BCUT2D eigenvalue weighted by atomic mass is 10.1. The van der Waals surface area contributed by atoms with Crippen LogP contribution in [-0.2, 0) is 9.53 Å². The normalized spacial score (nSPS) is 21.8. The van der Waals surface area contributed by atoms with Gasteiger partial charge < -0.3 is 15.8 Å². The quantitative estimate of drug-likeness (QED) is 0.819. The van der Waals surface area contributed by atoms with Gasteiger partial charge in [0.15, 0.2) is 0 Å². The summed E-state index contributed by atoms with van der Waals surface area (Å²) < 4.78 is 5.31. The fraction of sp³-hybridized carbons (Fsp3) is 0.462. The van der Waals surface area contributed by atoms with Crippen LogP contribution >= 0.6 is 0 Å². The molecular weight excluding hydrogens is 216 g/mol. The van der Waals surface area contributed by atoms with E-state index in [-0.39, 0.29) is 11.9 Å². The second-order valence-electron chi connectivity index (χ2n) is 4.31. The van der Waals surface area contributed by atoms with E-state index in [0.717, 1.165) is 25.0 Å². The van der Waals surface area contributed by atoms with Gasteiger partial charge in [-0.2, -0.15) is 0 Å². The van der Waals surface area contributed by atoms with Crippen molar-refractivity contribution >= 4 is 5.91 Å². The van der Waals surface area contributed by atoms with Crippen LogP contribution in [0.5, 0.6) is 0 Å². The Morgan fingerprint density at radius 3 is 2.82 bits per heavy atom. The smallest absolute Gasteiger partial charge is 0.241 e. The lowest BCUT2D eigenvalue weighted by Gasteiger charge is -2.24. The molecule has 4 heteroatoms. The maximum atomic E-state index is 11.9. The molecule has 0 bridgehead atoms. The summed E-state index contributed by atoms with van der Waals surface area (Å²) in [5, 5.41) is 2.93. The predicted octanol–water partition coefficient (Wildman–Crippen LogP) is 0.982. The van der Waals surface area contributed by atoms with Gasteiger partial charge in [0.2, 0.25) is 5.91 Å². The van der Waals surface area contributed by atoms with Gasteiger partial charge in [-0.3, -0.25) is 4.79 Å². The fourth-order valence-electron chi connectivity index (χ4n) is 1.96. The van der Waals surface area contributed by atoms with Crippen LogP contribution in [0.1, 0.15) is 24.4 Å². The topological polar surface area (TPSA) is 64.4 Å². The first-order valence-corrected chi connectivity index (χ1v) is 5.96. The van der Waals surface area contributed by atoms with Gasteiger partial charge in [0.1, 0.15) is 6.04 Å². The maximum absolute atomic E-state index is 11.9. The molecule has 2 unspecified atom stereocenters. The molecule has 0 saturated carbocycles. The highest BCUT2D eigenvalue weighted by Crippen LogP contribution is 2.11. The molecule has 92 valence electrons. The van der Waals surface area contributed by atoms with Gasteiger partial charge >= 0.3 is 0 Å². The fourth-order valence-corrected chi connectivity index (χ4v) is 1.96. The van der Waals surface area contributed by atoms with E-state index < -0.39 is 6.04 Å². The molecule has 0 aliphatic carbocycles. The number of carbonyl (C=O) groups is 1. The minimum atomic E-state index is -0.599. The van der Waals surface area contributed by atoms with Crippen LogP contribution in [0.3, 0.4) is 0 Å². The molecule has 2 rings (SSSR count). The molecule has 0 spiro atoms. The zero-order valence-electron chi connectivity index (χ0n) is 9.76. The summed E-state index contributed by atoms with van der Waals surface area (Å²) in [5.74, 6) is -0.133. The first-order valence-electron chi connectivity index (χ1n) is 5.96. The highest BCUT2D eigenvalue weighted by Gasteiger charge is 2.21. The largest absolute Gasteiger partial charge is 0.379 e. The molecule has 0 radical (unpaired) electrons. The molecule has 1 fully saturated rings. The zero-order valence-corrected chi connectivity index (χ0v) is 9.76. The number of amides is 1. The van der Waals surface area contributed by atoms with E-state index >= 15 is 0 Å². The van der Waals surface area contributed by atoms with Crippen LogP contribution in [-0.4, -0.2) is 25.2 Å². The van der Waals surface area contributed by atoms with Crippen molar-refractivity contribution in [3.63, 3.8) is 0 Å². The average molecular weight is 234 g/mol. The first kappa shape index (κ1) is 12.1. The van der Waals surface area contributed by atoms with Crippen molar-refractivity contribution in [1.29, 1.82) is 0 Å². The monoisotopic (exact) mass is 234 g/mol. The Morgan fingerprint density at radius 2 is 2.18 bits per heavy atom. The summed E-state index contributed by atoms with van der Waals surface area (Å²) in [7, 11) is 0. The summed E-state index contributed by atoms with van der Waals surface area (Å²) in [5.41, 5.74) is 6.74. The third kappa shape index (κ3) is 3.28. The van der Waals surface area contributed by atoms with Gasteiger partial charge in [-0.25, -0.2) is 0 Å². The van der Waals surface area contributed by atoms with Crippen LogP contribution in [0.15, 0.2) is 30.3 Å². The molecule has 3 N–H and O–H groups in total. The van der Waals surface area contributed by atoms with E-state index in [1.165, 1.54) is 0 Å². The summed E-state index contributed by atoms with van der Waals surface area (Å²) in [4.78, 5) is 11.9. The number of carbonyl (C=O) groups excluding carboxylic acids is 1. The Hall–Kier alpha value is -1.39. The van der Waals surface area contributed by atoms with E-state index in [2.05, 4.69) is 5.32 Å². The van der Waals surface area contributed by atoms with Crippen molar-refractivity contribution in [3.8, 4) is 0 Å². The van der Waals surface area contributed by atoms with Crippen molar-refractivity contribution in [2.24, 2.45) is 5.73 Å². The van der Waals surface area contributed by atoms with E-state index in [4.69, 9.17) is 10.5 Å². The third-order valence-corrected chi connectivity index (χ3v) is 2.95. The molecule has 1 aliphatic heterocycles. The number of rotatable bonds is 3. The molecule has 1 amide bonds. The van der Waals surface area contributed by atoms with Crippen LogP contribution < -0.4 is 11.1 Å². The van der Waals surface area contributed by atoms with E-state index in [1.807, 2.05) is 30.3 Å². The average Bonchev–Trinajstić information content (AvgIpc) is 2.40. The predicted molar refractivity (Wildman–Crippen MR) is 65.4 cm³/mol. The Labute approximate surface area is 101 Å². The van der Waals surface area contributed by atoms with Crippen LogP contribution in [0.25, 0.3) is 0 Å². The molecule has 1 saturated heterocycles. The third-order valence-electron chi connectivity index (χ3n) is 2.95. The van der Waals surface area contributed by atoms with Crippen LogP contribution in [0.2, 0.25) is 0 Å². The van der Waals surface area contributed by atoms with Gasteiger partial charge in [-0.1, -0.05) is 30.3 Å². The zero-order chi connectivity index (χ0) is 12.1. The Balaban J connectivity index is 1.91. The van der Waals surface area contributed by atoms with Crippen LogP contribution in [0.4, 0.5) is 0 Å².